The van der Waals surface area contributed by atoms with Gasteiger partial charge in [-0.25, -0.2) is 17.8 Å². The van der Waals surface area contributed by atoms with Gasteiger partial charge < -0.3 is 9.80 Å². The molecule has 0 radical (unpaired) electrons. The molecule has 0 bridgehead atoms. The van der Waals surface area contributed by atoms with Gasteiger partial charge in [-0.3, -0.25) is 4.79 Å². The Labute approximate surface area is 196 Å². The highest BCUT2D eigenvalue weighted by Crippen LogP contribution is 2.30. The van der Waals surface area contributed by atoms with Crippen LogP contribution >= 0.6 is 11.3 Å². The Kier molecular flexibility index (Phi) is 6.07. The van der Waals surface area contributed by atoms with Gasteiger partial charge >= 0.3 is 0 Å². The smallest absolute Gasteiger partial charge is 0.243 e. The van der Waals surface area contributed by atoms with Crippen LogP contribution in [0.25, 0.3) is 10.2 Å². The van der Waals surface area contributed by atoms with E-state index in [-0.39, 0.29) is 29.1 Å². The molecule has 5 rings (SSSR count). The lowest BCUT2D eigenvalue weighted by molar-refractivity contribution is -0.137. The molecule has 7 nitrogen and oxygen atoms in total. The number of piperidine rings is 1. The quantitative estimate of drug-likeness (QED) is 0.564. The van der Waals surface area contributed by atoms with Crippen molar-refractivity contribution in [1.82, 2.24) is 14.2 Å². The van der Waals surface area contributed by atoms with Crippen LogP contribution in [0.4, 0.5) is 9.52 Å². The summed E-state index contributed by atoms with van der Waals surface area (Å²) in [7, 11) is -3.60. The van der Waals surface area contributed by atoms with Gasteiger partial charge in [0.1, 0.15) is 5.82 Å². The first-order chi connectivity index (χ1) is 15.9. The van der Waals surface area contributed by atoms with Crippen molar-refractivity contribution in [3.63, 3.8) is 0 Å². The van der Waals surface area contributed by atoms with E-state index in [9.17, 15) is 17.6 Å². The predicted octanol–water partition coefficient (Wildman–Crippen LogP) is 3.18. The van der Waals surface area contributed by atoms with Crippen LogP contribution in [0.15, 0.2) is 53.4 Å². The first-order valence-corrected chi connectivity index (χ1v) is 13.3. The van der Waals surface area contributed by atoms with Gasteiger partial charge in [0.2, 0.25) is 15.9 Å². The number of carbonyl (C=O) groups is 1. The van der Waals surface area contributed by atoms with Crippen molar-refractivity contribution < 1.29 is 17.6 Å². The third-order valence-corrected chi connectivity index (χ3v) is 9.27. The Morgan fingerprint density at radius 3 is 2.55 bits per heavy atom. The fraction of sp³-hybridized carbons (Fsp3) is 0.391. The van der Waals surface area contributed by atoms with E-state index in [0.29, 0.717) is 45.6 Å². The molecule has 1 atom stereocenters. The highest BCUT2D eigenvalue weighted by atomic mass is 32.2. The number of nitrogens with zero attached hydrogens (tertiary/aromatic N) is 4. The maximum atomic E-state index is 13.5. The van der Waals surface area contributed by atoms with E-state index in [1.807, 2.05) is 4.90 Å². The van der Waals surface area contributed by atoms with Crippen LogP contribution in [0.5, 0.6) is 0 Å². The highest BCUT2D eigenvalue weighted by Gasteiger charge is 2.36. The second-order valence-electron chi connectivity index (χ2n) is 8.44. The van der Waals surface area contributed by atoms with Gasteiger partial charge in [-0.15, -0.1) is 0 Å². The molecule has 33 heavy (non-hydrogen) atoms. The largest absolute Gasteiger partial charge is 0.345 e. The third kappa shape index (κ3) is 4.47. The Hall–Kier alpha value is -2.56. The zero-order valence-corrected chi connectivity index (χ0v) is 19.7. The Morgan fingerprint density at radius 2 is 1.79 bits per heavy atom. The van der Waals surface area contributed by atoms with Crippen LogP contribution in [0.2, 0.25) is 0 Å². The summed E-state index contributed by atoms with van der Waals surface area (Å²) in [4.78, 5) is 22.0. The number of fused-ring (bicyclic) bond motifs is 1. The average molecular weight is 489 g/mol. The first-order valence-electron chi connectivity index (χ1n) is 11.1. The monoisotopic (exact) mass is 488 g/mol. The fourth-order valence-corrected chi connectivity index (χ4v) is 7.09. The van der Waals surface area contributed by atoms with Crippen LogP contribution < -0.4 is 4.90 Å². The van der Waals surface area contributed by atoms with Crippen molar-refractivity contribution in [2.75, 3.05) is 44.2 Å². The van der Waals surface area contributed by atoms with Crippen molar-refractivity contribution in [1.29, 1.82) is 0 Å². The molecular weight excluding hydrogens is 463 g/mol. The SMILES string of the molecule is O=C(C1CCCN(S(=O)(=O)c2ccccc2)C1)N1CCN(c2nc3ccc(F)cc3s2)CC1. The summed E-state index contributed by atoms with van der Waals surface area (Å²) in [5.41, 5.74) is 0.775. The molecule has 3 aromatic rings. The number of rotatable bonds is 4. The molecule has 0 aliphatic carbocycles. The molecule has 1 amide bonds. The average Bonchev–Trinajstić information content (AvgIpc) is 3.27. The normalized spacial score (nSPS) is 20.3. The van der Waals surface area contributed by atoms with Gasteiger partial charge in [-0.05, 0) is 43.2 Å². The van der Waals surface area contributed by atoms with Crippen molar-refractivity contribution in [2.45, 2.75) is 17.7 Å². The molecule has 0 saturated carbocycles. The molecule has 2 aliphatic heterocycles. The number of amides is 1. The van der Waals surface area contributed by atoms with E-state index in [1.54, 1.807) is 36.4 Å². The lowest BCUT2D eigenvalue weighted by Crippen LogP contribution is -2.53. The maximum absolute atomic E-state index is 13.5. The Morgan fingerprint density at radius 1 is 1.03 bits per heavy atom. The van der Waals surface area contributed by atoms with Crippen LogP contribution in [0.1, 0.15) is 12.8 Å². The van der Waals surface area contributed by atoms with Crippen molar-refractivity contribution in [3.05, 3.63) is 54.3 Å². The Balaban J connectivity index is 1.22. The molecule has 1 unspecified atom stereocenters. The van der Waals surface area contributed by atoms with Crippen molar-refractivity contribution in [3.8, 4) is 0 Å². The number of carbonyl (C=O) groups excluding carboxylic acids is 1. The fourth-order valence-electron chi connectivity index (χ4n) is 4.50. The van der Waals surface area contributed by atoms with Crippen molar-refractivity contribution in [2.24, 2.45) is 5.92 Å². The summed E-state index contributed by atoms with van der Waals surface area (Å²) in [5, 5.41) is 0.834. The topological polar surface area (TPSA) is 73.8 Å². The zero-order valence-electron chi connectivity index (χ0n) is 18.1. The lowest BCUT2D eigenvalue weighted by Gasteiger charge is -2.38. The molecule has 2 aliphatic rings. The maximum Gasteiger partial charge on any atom is 0.243 e. The van der Waals surface area contributed by atoms with Gasteiger partial charge in [-0.1, -0.05) is 29.5 Å². The summed E-state index contributed by atoms with van der Waals surface area (Å²) < 4.78 is 41.7. The lowest BCUT2D eigenvalue weighted by atomic mass is 9.98. The Bertz CT molecular complexity index is 1260. The minimum Gasteiger partial charge on any atom is -0.345 e. The summed E-state index contributed by atoms with van der Waals surface area (Å²) in [6.07, 6.45) is 1.37. The number of sulfonamides is 1. The molecule has 3 heterocycles. The predicted molar refractivity (Wildman–Crippen MR) is 126 cm³/mol. The molecule has 10 heteroatoms. The number of hydrogen-bond donors (Lipinski definition) is 0. The molecule has 2 saturated heterocycles. The standard InChI is InChI=1S/C23H25FN4O3S2/c24-18-8-9-20-21(15-18)32-23(25-20)27-13-11-26(12-14-27)22(29)17-5-4-10-28(16-17)33(30,31)19-6-2-1-3-7-19/h1-3,6-9,15,17H,4-5,10-14,16H2. The van der Waals surface area contributed by atoms with E-state index in [4.69, 9.17) is 0 Å². The molecule has 2 fully saturated rings. The van der Waals surface area contributed by atoms with E-state index < -0.39 is 10.0 Å². The van der Waals surface area contributed by atoms with Crippen molar-refractivity contribution >= 4 is 42.6 Å². The highest BCUT2D eigenvalue weighted by molar-refractivity contribution is 7.89. The number of halogens is 1. The van der Waals surface area contributed by atoms with Gasteiger partial charge in [0.25, 0.3) is 0 Å². The van der Waals surface area contributed by atoms with Gasteiger partial charge in [0.15, 0.2) is 5.13 Å². The first kappa shape index (κ1) is 22.2. The summed E-state index contributed by atoms with van der Waals surface area (Å²) in [6.45, 7) is 3.07. The van der Waals surface area contributed by atoms with Crippen LogP contribution in [-0.4, -0.2) is 67.8 Å². The second kappa shape index (κ2) is 9.00. The number of anilines is 1. The molecular formula is C23H25FN4O3S2. The molecule has 0 N–H and O–H groups in total. The summed E-state index contributed by atoms with van der Waals surface area (Å²) >= 11 is 1.45. The summed E-state index contributed by atoms with van der Waals surface area (Å²) in [6, 6.07) is 13.0. The minimum atomic E-state index is -3.60. The number of piperazine rings is 1. The van der Waals surface area contributed by atoms with Gasteiger partial charge in [0, 0.05) is 39.3 Å². The van der Waals surface area contributed by atoms with Gasteiger partial charge in [-0.2, -0.15) is 4.31 Å². The second-order valence-corrected chi connectivity index (χ2v) is 11.4. The van der Waals surface area contributed by atoms with Gasteiger partial charge in [0.05, 0.1) is 21.0 Å². The van der Waals surface area contributed by atoms with E-state index in [2.05, 4.69) is 9.88 Å². The van der Waals surface area contributed by atoms with E-state index >= 15 is 0 Å². The summed E-state index contributed by atoms with van der Waals surface area (Å²) in [5.74, 6) is -0.577. The molecule has 1 aromatic heterocycles. The van der Waals surface area contributed by atoms with Crippen LogP contribution in [0, 0.1) is 11.7 Å². The minimum absolute atomic E-state index is 0.0222. The van der Waals surface area contributed by atoms with E-state index in [1.165, 1.54) is 27.8 Å². The number of benzene rings is 2. The zero-order chi connectivity index (χ0) is 23.0. The number of hydrogen-bond acceptors (Lipinski definition) is 6. The molecule has 174 valence electrons. The number of aromatic nitrogens is 1. The van der Waals surface area contributed by atoms with Crippen LogP contribution in [-0.2, 0) is 14.8 Å². The number of thiazole rings is 1. The van der Waals surface area contributed by atoms with E-state index in [0.717, 1.165) is 15.3 Å². The molecule has 0 spiro atoms. The van der Waals surface area contributed by atoms with Crippen LogP contribution in [0.3, 0.4) is 0 Å². The third-order valence-electron chi connectivity index (χ3n) is 6.32. The molecule has 2 aromatic carbocycles.